The normalized spacial score (nSPS) is 11.9. The van der Waals surface area contributed by atoms with Crippen molar-refractivity contribution in [3.05, 3.63) is 73.4 Å². The van der Waals surface area contributed by atoms with Crippen LogP contribution < -0.4 is 0 Å². The monoisotopic (exact) mass is 318 g/mol. The van der Waals surface area contributed by atoms with E-state index in [0.717, 1.165) is 0 Å². The van der Waals surface area contributed by atoms with Crippen molar-refractivity contribution in [3.63, 3.8) is 0 Å². The summed E-state index contributed by atoms with van der Waals surface area (Å²) in [5, 5.41) is 0. The average Bonchev–Trinajstić information content (AvgIpc) is 2.50. The van der Waals surface area contributed by atoms with Gasteiger partial charge in [-0.3, -0.25) is 0 Å². The van der Waals surface area contributed by atoms with Crippen LogP contribution in [0, 0.1) is 5.92 Å². The zero-order chi connectivity index (χ0) is 19.4. The van der Waals surface area contributed by atoms with Crippen molar-refractivity contribution in [3.8, 4) is 0 Å². The predicted molar refractivity (Wildman–Crippen MR) is 114 cm³/mol. The highest BCUT2D eigenvalue weighted by Crippen LogP contribution is 2.24. The molecule has 0 aromatic carbocycles. The summed E-state index contributed by atoms with van der Waals surface area (Å²) >= 11 is 0. The van der Waals surface area contributed by atoms with Gasteiger partial charge in [-0.1, -0.05) is 67.9 Å². The summed E-state index contributed by atoms with van der Waals surface area (Å²) in [6.07, 6.45) is 9.00. The molecule has 0 saturated carbocycles. The van der Waals surface area contributed by atoms with Gasteiger partial charge in [-0.2, -0.15) is 0 Å². The van der Waals surface area contributed by atoms with Gasteiger partial charge in [-0.25, -0.2) is 0 Å². The first-order chi connectivity index (χ1) is 10.7. The fourth-order valence-corrected chi connectivity index (χ4v) is 1.30. The minimum absolute atomic E-state index is 0.569. The van der Waals surface area contributed by atoms with Crippen molar-refractivity contribution in [2.24, 2.45) is 5.92 Å². The third-order valence-corrected chi connectivity index (χ3v) is 2.34. The molecule has 0 aromatic heterocycles. The molecule has 1 atom stereocenters. The number of hydrogen-bond acceptors (Lipinski definition) is 0. The van der Waals surface area contributed by atoms with Crippen molar-refractivity contribution >= 4 is 0 Å². The average molecular weight is 319 g/mol. The molecule has 0 heteroatoms. The molecule has 1 unspecified atom stereocenters. The Morgan fingerprint density at radius 2 is 1.26 bits per heavy atom. The van der Waals surface area contributed by atoms with Crippen molar-refractivity contribution in [2.45, 2.75) is 68.2 Å². The second-order valence-electron chi connectivity index (χ2n) is 5.69. The maximum absolute atomic E-state index is 3.97. The highest BCUT2D eigenvalue weighted by molar-refractivity contribution is 5.24. The predicted octanol–water partition coefficient (Wildman–Crippen LogP) is 8.47. The summed E-state index contributed by atoms with van der Waals surface area (Å²) in [5.41, 5.74) is 5.13. The lowest BCUT2D eigenvalue weighted by Gasteiger charge is -2.16. The highest BCUT2D eigenvalue weighted by Gasteiger charge is 2.08. The van der Waals surface area contributed by atoms with Crippen LogP contribution in [0.3, 0.4) is 0 Å². The molecule has 0 aromatic rings. The fraction of sp³-hybridized carbons (Fsp3) is 0.478. The Balaban J connectivity index is -0.000000126. The molecule has 0 heterocycles. The van der Waals surface area contributed by atoms with Crippen molar-refractivity contribution in [1.82, 2.24) is 0 Å². The van der Waals surface area contributed by atoms with Crippen LogP contribution in [0.2, 0.25) is 0 Å². The van der Waals surface area contributed by atoms with Crippen LogP contribution in [0.15, 0.2) is 73.4 Å². The fourth-order valence-electron chi connectivity index (χ4n) is 1.30. The Bertz CT molecular complexity index is 343. The van der Waals surface area contributed by atoms with Gasteiger partial charge in [-0.15, -0.1) is 26.3 Å². The number of allylic oxidation sites excluding steroid dienone is 7. The summed E-state index contributed by atoms with van der Waals surface area (Å²) in [5.74, 6) is 0.569. The number of hydrogen-bond donors (Lipinski definition) is 0. The minimum Gasteiger partial charge on any atom is -0.106 e. The summed E-state index contributed by atoms with van der Waals surface area (Å²) < 4.78 is 0. The summed E-state index contributed by atoms with van der Waals surface area (Å²) in [4.78, 5) is 0. The Morgan fingerprint density at radius 3 is 1.48 bits per heavy atom. The lowest BCUT2D eigenvalue weighted by molar-refractivity contribution is 0.737. The van der Waals surface area contributed by atoms with Gasteiger partial charge in [0.2, 0.25) is 0 Å². The highest BCUT2D eigenvalue weighted by atomic mass is 14.1. The van der Waals surface area contributed by atoms with Crippen LogP contribution in [0.1, 0.15) is 68.2 Å². The number of rotatable bonds is 2. The van der Waals surface area contributed by atoms with E-state index in [1.54, 1.807) is 0 Å². The molecule has 0 aliphatic heterocycles. The molecule has 23 heavy (non-hydrogen) atoms. The van der Waals surface area contributed by atoms with E-state index in [2.05, 4.69) is 65.0 Å². The molecule has 0 radical (unpaired) electrons. The minimum atomic E-state index is 0.569. The van der Waals surface area contributed by atoms with Gasteiger partial charge in [-0.05, 0) is 53.4 Å². The van der Waals surface area contributed by atoms with E-state index in [0.29, 0.717) is 5.92 Å². The molecular weight excluding hydrogens is 276 g/mol. The Hall–Kier alpha value is -1.56. The van der Waals surface area contributed by atoms with E-state index >= 15 is 0 Å². The van der Waals surface area contributed by atoms with Gasteiger partial charge in [0.25, 0.3) is 0 Å². The quantitative estimate of drug-likeness (QED) is 0.448. The Morgan fingerprint density at radius 1 is 0.913 bits per heavy atom. The second-order valence-corrected chi connectivity index (χ2v) is 5.69. The van der Waals surface area contributed by atoms with Gasteiger partial charge >= 0.3 is 0 Å². The largest absolute Gasteiger partial charge is 0.106 e. The van der Waals surface area contributed by atoms with Crippen LogP contribution in [-0.2, 0) is 0 Å². The molecule has 0 N–H and O–H groups in total. The van der Waals surface area contributed by atoms with E-state index < -0.39 is 0 Å². The Kier molecular flexibility index (Phi) is 29.1. The summed E-state index contributed by atoms with van der Waals surface area (Å²) in [7, 11) is 0. The molecule has 0 bridgehead atoms. The molecule has 0 nitrogen and oxygen atoms in total. The standard InChI is InChI=1S/C11H16.2C4H8.C2H6.C2H4/c1-9(2)10(3)11-7-5-4-6-8-11;2*1-4(2)3;2*1-2/h4-5,7,10H,1,6,8H2,2-3H3;2*1H2,2-3H3;1-2H3;1-2H2. The third kappa shape index (κ3) is 33.3. The van der Waals surface area contributed by atoms with Crippen molar-refractivity contribution in [1.29, 1.82) is 0 Å². The van der Waals surface area contributed by atoms with E-state index in [4.69, 9.17) is 0 Å². The molecule has 1 aliphatic carbocycles. The lowest BCUT2D eigenvalue weighted by atomic mass is 9.89. The van der Waals surface area contributed by atoms with Gasteiger partial charge in [0, 0.05) is 0 Å². The summed E-state index contributed by atoms with van der Waals surface area (Å²) in [6, 6.07) is 0. The first-order valence-corrected chi connectivity index (χ1v) is 8.43. The second kappa shape index (κ2) is 22.7. The van der Waals surface area contributed by atoms with E-state index in [-0.39, 0.29) is 0 Å². The first-order valence-electron chi connectivity index (χ1n) is 8.43. The van der Waals surface area contributed by atoms with Crippen LogP contribution in [0.4, 0.5) is 0 Å². The topological polar surface area (TPSA) is 0 Å². The molecule has 0 spiro atoms. The molecular formula is C23H42. The SMILES string of the molecule is C=C.C=C(C)C.C=C(C)C.C=C(C)C(C)C1=CC=CCC1.CC. The van der Waals surface area contributed by atoms with Crippen molar-refractivity contribution in [2.75, 3.05) is 0 Å². The first kappa shape index (κ1) is 29.5. The van der Waals surface area contributed by atoms with Gasteiger partial charge in [0.1, 0.15) is 0 Å². The van der Waals surface area contributed by atoms with Crippen LogP contribution in [-0.4, -0.2) is 0 Å². The molecule has 0 amide bonds. The van der Waals surface area contributed by atoms with Gasteiger partial charge in [0.05, 0.1) is 0 Å². The van der Waals surface area contributed by atoms with Gasteiger partial charge < -0.3 is 0 Å². The van der Waals surface area contributed by atoms with E-state index in [1.807, 2.05) is 41.5 Å². The van der Waals surface area contributed by atoms with E-state index in [1.165, 1.54) is 35.1 Å². The molecule has 134 valence electrons. The molecule has 0 fully saturated rings. The molecule has 1 rings (SSSR count). The summed E-state index contributed by atoms with van der Waals surface area (Å²) in [6.45, 7) is 33.3. The van der Waals surface area contributed by atoms with Crippen LogP contribution in [0.25, 0.3) is 0 Å². The lowest BCUT2D eigenvalue weighted by Crippen LogP contribution is -2.01. The maximum atomic E-state index is 3.97. The third-order valence-electron chi connectivity index (χ3n) is 2.34. The van der Waals surface area contributed by atoms with Crippen LogP contribution in [0.5, 0.6) is 0 Å². The molecule has 0 saturated heterocycles. The van der Waals surface area contributed by atoms with E-state index in [9.17, 15) is 0 Å². The van der Waals surface area contributed by atoms with Crippen molar-refractivity contribution < 1.29 is 0 Å². The zero-order valence-electron chi connectivity index (χ0n) is 17.3. The smallest absolute Gasteiger partial charge is 0.00237 e. The van der Waals surface area contributed by atoms with Crippen LogP contribution >= 0.6 is 0 Å². The van der Waals surface area contributed by atoms with Gasteiger partial charge in [0.15, 0.2) is 0 Å². The zero-order valence-corrected chi connectivity index (χ0v) is 17.3. The Labute approximate surface area is 148 Å². The maximum Gasteiger partial charge on any atom is -0.00237 e. The molecule has 1 aliphatic rings.